The Labute approximate surface area is 128 Å². The third kappa shape index (κ3) is 2.44. The SMILES string of the molecule is C=C/C=C\C(=C/C)C1=C(C)C2(CCCCC2)N(C)S1(=O)=O. The Bertz CT molecular complexity index is 617. The van der Waals surface area contributed by atoms with Gasteiger partial charge in [-0.1, -0.05) is 50.1 Å². The molecule has 1 aliphatic heterocycles. The van der Waals surface area contributed by atoms with E-state index in [-0.39, 0.29) is 5.54 Å². The molecule has 0 aromatic rings. The van der Waals surface area contributed by atoms with Crippen LogP contribution in [0.15, 0.2) is 46.9 Å². The molecule has 2 aliphatic rings. The van der Waals surface area contributed by atoms with Crippen molar-refractivity contribution in [2.24, 2.45) is 0 Å². The molecule has 1 fully saturated rings. The van der Waals surface area contributed by atoms with Crippen molar-refractivity contribution in [1.29, 1.82) is 0 Å². The zero-order chi connectivity index (χ0) is 15.7. The molecule has 0 aromatic carbocycles. The number of sulfonamides is 1. The fourth-order valence-electron chi connectivity index (χ4n) is 3.67. The first-order valence-electron chi connectivity index (χ1n) is 7.58. The molecule has 1 aliphatic carbocycles. The third-order valence-corrected chi connectivity index (χ3v) is 7.05. The Kier molecular flexibility index (Phi) is 4.59. The highest BCUT2D eigenvalue weighted by atomic mass is 32.2. The van der Waals surface area contributed by atoms with Crippen LogP contribution >= 0.6 is 0 Å². The molecule has 2 rings (SSSR count). The zero-order valence-electron chi connectivity index (χ0n) is 13.2. The highest BCUT2D eigenvalue weighted by molar-refractivity contribution is 7.93. The highest BCUT2D eigenvalue weighted by Gasteiger charge is 2.52. The van der Waals surface area contributed by atoms with E-state index in [9.17, 15) is 8.42 Å². The smallest absolute Gasteiger partial charge is 0.207 e. The van der Waals surface area contributed by atoms with E-state index < -0.39 is 10.0 Å². The van der Waals surface area contributed by atoms with Crippen LogP contribution in [0.5, 0.6) is 0 Å². The maximum Gasteiger partial charge on any atom is 0.244 e. The largest absolute Gasteiger partial charge is 0.244 e. The Morgan fingerprint density at radius 3 is 2.43 bits per heavy atom. The fourth-order valence-corrected chi connectivity index (χ4v) is 5.79. The van der Waals surface area contributed by atoms with Gasteiger partial charge in [0, 0.05) is 7.05 Å². The summed E-state index contributed by atoms with van der Waals surface area (Å²) in [5.41, 5.74) is 1.47. The number of nitrogens with zero attached hydrogens (tertiary/aromatic N) is 1. The van der Waals surface area contributed by atoms with Gasteiger partial charge >= 0.3 is 0 Å². The Balaban J connectivity index is 2.61. The lowest BCUT2D eigenvalue weighted by Gasteiger charge is -2.39. The molecule has 3 nitrogen and oxygen atoms in total. The van der Waals surface area contributed by atoms with Crippen LogP contribution in [0.2, 0.25) is 0 Å². The molecule has 0 unspecified atom stereocenters. The van der Waals surface area contributed by atoms with Gasteiger partial charge in [0.05, 0.1) is 10.4 Å². The quantitative estimate of drug-likeness (QED) is 0.741. The van der Waals surface area contributed by atoms with Gasteiger partial charge in [-0.15, -0.1) is 0 Å². The maximum absolute atomic E-state index is 12.9. The fraction of sp³-hybridized carbons (Fsp3) is 0.529. The summed E-state index contributed by atoms with van der Waals surface area (Å²) >= 11 is 0. The summed E-state index contributed by atoms with van der Waals surface area (Å²) in [6, 6.07) is 0. The first kappa shape index (κ1) is 16.2. The Morgan fingerprint density at radius 2 is 1.90 bits per heavy atom. The van der Waals surface area contributed by atoms with Crippen molar-refractivity contribution in [3.05, 3.63) is 46.9 Å². The first-order valence-corrected chi connectivity index (χ1v) is 9.02. The summed E-state index contributed by atoms with van der Waals surface area (Å²) in [6.07, 6.45) is 12.4. The van der Waals surface area contributed by atoms with Crippen molar-refractivity contribution in [1.82, 2.24) is 4.31 Å². The van der Waals surface area contributed by atoms with E-state index in [1.54, 1.807) is 23.5 Å². The molecule has 0 radical (unpaired) electrons. The van der Waals surface area contributed by atoms with Gasteiger partial charge in [-0.3, -0.25) is 0 Å². The van der Waals surface area contributed by atoms with Crippen LogP contribution in [0.4, 0.5) is 0 Å². The van der Waals surface area contributed by atoms with Gasteiger partial charge in [0.15, 0.2) is 0 Å². The van der Waals surface area contributed by atoms with Crippen molar-refractivity contribution in [2.75, 3.05) is 7.05 Å². The van der Waals surface area contributed by atoms with Crippen LogP contribution in [-0.2, 0) is 10.0 Å². The lowest BCUT2D eigenvalue weighted by atomic mass is 9.76. The van der Waals surface area contributed by atoms with Crippen LogP contribution in [-0.4, -0.2) is 25.3 Å². The first-order chi connectivity index (χ1) is 9.91. The van der Waals surface area contributed by atoms with Crippen LogP contribution in [0.1, 0.15) is 46.0 Å². The van der Waals surface area contributed by atoms with Gasteiger partial charge in [-0.2, -0.15) is 4.31 Å². The number of hydrogen-bond donors (Lipinski definition) is 0. The maximum atomic E-state index is 12.9. The third-order valence-electron chi connectivity index (χ3n) is 4.93. The zero-order valence-corrected chi connectivity index (χ0v) is 14.0. The normalized spacial score (nSPS) is 26.0. The molecule has 116 valence electrons. The minimum Gasteiger partial charge on any atom is -0.207 e. The van der Waals surface area contributed by atoms with Crippen molar-refractivity contribution in [3.63, 3.8) is 0 Å². The molecule has 0 amide bonds. The summed E-state index contributed by atoms with van der Waals surface area (Å²) in [5.74, 6) is 0. The van der Waals surface area contributed by atoms with Gasteiger partial charge < -0.3 is 0 Å². The Morgan fingerprint density at radius 1 is 1.29 bits per heavy atom. The monoisotopic (exact) mass is 307 g/mol. The molecule has 0 N–H and O–H groups in total. The predicted octanol–water partition coefficient (Wildman–Crippen LogP) is 3.93. The van der Waals surface area contributed by atoms with E-state index in [1.165, 1.54) is 6.42 Å². The van der Waals surface area contributed by atoms with Gasteiger partial charge in [0.25, 0.3) is 0 Å². The Hall–Kier alpha value is -1.13. The van der Waals surface area contributed by atoms with Gasteiger partial charge in [-0.05, 0) is 37.8 Å². The van der Waals surface area contributed by atoms with Crippen molar-refractivity contribution in [3.8, 4) is 0 Å². The van der Waals surface area contributed by atoms with Crippen molar-refractivity contribution in [2.45, 2.75) is 51.5 Å². The molecular weight excluding hydrogens is 282 g/mol. The van der Waals surface area contributed by atoms with Crippen LogP contribution in [0.25, 0.3) is 0 Å². The second kappa shape index (κ2) is 5.93. The molecule has 0 saturated heterocycles. The summed E-state index contributed by atoms with van der Waals surface area (Å²) < 4.78 is 27.4. The van der Waals surface area contributed by atoms with Gasteiger partial charge in [0.2, 0.25) is 10.0 Å². The molecule has 0 atom stereocenters. The second-order valence-corrected chi connectivity index (χ2v) is 7.76. The molecule has 21 heavy (non-hydrogen) atoms. The minimum atomic E-state index is -3.41. The van der Waals surface area contributed by atoms with Crippen LogP contribution < -0.4 is 0 Å². The number of likely N-dealkylation sites (N-methyl/N-ethyl adjacent to an activating group) is 1. The molecule has 1 saturated carbocycles. The van der Waals surface area contributed by atoms with Gasteiger partial charge in [0.1, 0.15) is 0 Å². The average Bonchev–Trinajstić information content (AvgIpc) is 2.62. The van der Waals surface area contributed by atoms with Crippen molar-refractivity contribution >= 4 is 10.0 Å². The van der Waals surface area contributed by atoms with E-state index in [1.807, 2.05) is 26.0 Å². The van der Waals surface area contributed by atoms with Crippen LogP contribution in [0, 0.1) is 0 Å². The van der Waals surface area contributed by atoms with Crippen LogP contribution in [0.3, 0.4) is 0 Å². The summed E-state index contributed by atoms with van der Waals surface area (Å²) in [5, 5.41) is 0. The summed E-state index contributed by atoms with van der Waals surface area (Å²) in [4.78, 5) is 0.493. The van der Waals surface area contributed by atoms with E-state index in [4.69, 9.17) is 0 Å². The molecule has 1 spiro atoms. The molecule has 0 bridgehead atoms. The highest BCUT2D eigenvalue weighted by Crippen LogP contribution is 2.49. The van der Waals surface area contributed by atoms with E-state index in [0.717, 1.165) is 36.8 Å². The van der Waals surface area contributed by atoms with E-state index >= 15 is 0 Å². The molecule has 0 aromatic heterocycles. The molecule has 1 heterocycles. The molecule has 4 heteroatoms. The van der Waals surface area contributed by atoms with Crippen molar-refractivity contribution < 1.29 is 8.42 Å². The number of allylic oxidation sites excluding steroid dienone is 5. The second-order valence-electron chi connectivity index (χ2n) is 5.86. The van der Waals surface area contributed by atoms with E-state index in [2.05, 4.69) is 6.58 Å². The number of hydrogen-bond acceptors (Lipinski definition) is 2. The minimum absolute atomic E-state index is 0.303. The topological polar surface area (TPSA) is 37.4 Å². The van der Waals surface area contributed by atoms with Gasteiger partial charge in [-0.25, -0.2) is 8.42 Å². The molecular formula is C17H25NO2S. The predicted molar refractivity (Wildman–Crippen MR) is 88.3 cm³/mol. The standard InChI is InChI=1S/C17H25NO2S/c1-5-7-11-15(6-2)16-14(3)17(12-9-8-10-13-17)18(4)21(16,19)20/h5-7,11H,1,8-10,12-13H2,2-4H3/b11-7-,15-6+. The average molecular weight is 307 g/mol. The lowest BCUT2D eigenvalue weighted by molar-refractivity contribution is 0.200. The van der Waals surface area contributed by atoms with E-state index in [0.29, 0.717) is 4.91 Å². The summed E-state index contributed by atoms with van der Waals surface area (Å²) in [6.45, 7) is 7.53. The number of rotatable bonds is 3. The lowest BCUT2D eigenvalue weighted by Crippen LogP contribution is -2.46. The summed E-state index contributed by atoms with van der Waals surface area (Å²) in [7, 11) is -1.67.